The van der Waals surface area contributed by atoms with Crippen LogP contribution in [0.25, 0.3) is 5.57 Å². The van der Waals surface area contributed by atoms with E-state index >= 15 is 0 Å². The molecule has 158 valence electrons. The lowest BCUT2D eigenvalue weighted by atomic mass is 9.93. The van der Waals surface area contributed by atoms with E-state index in [0.29, 0.717) is 17.7 Å². The Bertz CT molecular complexity index is 1090. The second kappa shape index (κ2) is 8.60. The van der Waals surface area contributed by atoms with Crippen molar-refractivity contribution >= 4 is 11.5 Å². The predicted molar refractivity (Wildman–Crippen MR) is 114 cm³/mol. The molecule has 31 heavy (non-hydrogen) atoms. The molecule has 0 bridgehead atoms. The van der Waals surface area contributed by atoms with Gasteiger partial charge in [-0.05, 0) is 35.7 Å². The van der Waals surface area contributed by atoms with E-state index in [9.17, 15) is 18.7 Å². The van der Waals surface area contributed by atoms with Gasteiger partial charge in [0.25, 0.3) is 5.91 Å². The largest absolute Gasteiger partial charge is 0.503 e. The van der Waals surface area contributed by atoms with Gasteiger partial charge in [-0.3, -0.25) is 4.79 Å². The number of carbonyl (C=O) groups excluding carboxylic acids is 1. The molecular weight excluding hydrogens is 400 g/mol. The monoisotopic (exact) mass is 421 g/mol. The fraction of sp³-hybridized carbons (Fsp3) is 0.160. The summed E-state index contributed by atoms with van der Waals surface area (Å²) < 4.78 is 29.5. The van der Waals surface area contributed by atoms with E-state index in [2.05, 4.69) is 4.74 Å². The molecule has 4 nitrogen and oxygen atoms in total. The molecular formula is C25H21F2NO3. The summed E-state index contributed by atoms with van der Waals surface area (Å²) in [5.41, 5.74) is 3.92. The van der Waals surface area contributed by atoms with Crippen molar-refractivity contribution in [3.63, 3.8) is 0 Å². The van der Waals surface area contributed by atoms with Gasteiger partial charge >= 0.3 is 6.61 Å². The molecule has 6 heteroatoms. The van der Waals surface area contributed by atoms with Gasteiger partial charge in [0, 0.05) is 12.1 Å². The maximum absolute atomic E-state index is 13.1. The van der Waals surface area contributed by atoms with Crippen molar-refractivity contribution in [1.82, 2.24) is 4.90 Å². The molecule has 0 saturated heterocycles. The highest BCUT2D eigenvalue weighted by Crippen LogP contribution is 2.44. The number of alkyl halides is 2. The zero-order valence-electron chi connectivity index (χ0n) is 16.8. The number of rotatable bonds is 6. The normalized spacial score (nSPS) is 16.3. The number of nitrogens with zero attached hydrogens (tertiary/aromatic N) is 1. The second-order valence-corrected chi connectivity index (χ2v) is 7.40. The third kappa shape index (κ3) is 4.28. The maximum Gasteiger partial charge on any atom is 0.387 e. The van der Waals surface area contributed by atoms with E-state index < -0.39 is 18.6 Å². The molecule has 1 aliphatic rings. The van der Waals surface area contributed by atoms with Gasteiger partial charge in [0.05, 0.1) is 6.04 Å². The Hall–Kier alpha value is -3.67. The van der Waals surface area contributed by atoms with Crippen molar-refractivity contribution < 1.29 is 23.4 Å². The third-order valence-corrected chi connectivity index (χ3v) is 5.28. The number of amides is 1. The van der Waals surface area contributed by atoms with Crippen molar-refractivity contribution in [2.75, 3.05) is 0 Å². The summed E-state index contributed by atoms with van der Waals surface area (Å²) in [5, 5.41) is 10.8. The van der Waals surface area contributed by atoms with Crippen LogP contribution in [-0.2, 0) is 11.3 Å². The molecule has 0 aliphatic carbocycles. The first-order chi connectivity index (χ1) is 14.9. The molecule has 1 amide bonds. The lowest BCUT2D eigenvalue weighted by Crippen LogP contribution is -2.29. The number of ether oxygens (including phenoxy) is 1. The fourth-order valence-corrected chi connectivity index (χ4v) is 3.80. The topological polar surface area (TPSA) is 49.8 Å². The number of halogens is 2. The van der Waals surface area contributed by atoms with Crippen LogP contribution in [0, 0.1) is 6.92 Å². The summed E-state index contributed by atoms with van der Waals surface area (Å²) in [6.07, 6.45) is 0. The van der Waals surface area contributed by atoms with E-state index in [1.54, 1.807) is 17.0 Å². The Balaban J connectivity index is 1.75. The van der Waals surface area contributed by atoms with Gasteiger partial charge in [0.15, 0.2) is 5.76 Å². The van der Waals surface area contributed by atoms with E-state index in [-0.39, 0.29) is 11.5 Å². The van der Waals surface area contributed by atoms with Gasteiger partial charge in [0.2, 0.25) is 0 Å². The molecule has 0 radical (unpaired) electrons. The molecule has 0 spiro atoms. The SMILES string of the molecule is Cc1ccc(CN2C(=O)C(O)=C(c3ccccc3)C2c2ccc(OC(F)F)cc2)cc1. The maximum atomic E-state index is 13.1. The van der Waals surface area contributed by atoms with Gasteiger partial charge < -0.3 is 14.7 Å². The van der Waals surface area contributed by atoms with Crippen molar-refractivity contribution in [2.24, 2.45) is 0 Å². The molecule has 1 atom stereocenters. The molecule has 1 aliphatic heterocycles. The van der Waals surface area contributed by atoms with Crippen LogP contribution in [0.5, 0.6) is 5.75 Å². The van der Waals surface area contributed by atoms with E-state index in [1.807, 2.05) is 61.5 Å². The van der Waals surface area contributed by atoms with Crippen molar-refractivity contribution in [2.45, 2.75) is 26.1 Å². The number of benzene rings is 3. The summed E-state index contributed by atoms with van der Waals surface area (Å²) in [4.78, 5) is 14.6. The van der Waals surface area contributed by atoms with E-state index in [0.717, 1.165) is 16.7 Å². The summed E-state index contributed by atoms with van der Waals surface area (Å²) in [7, 11) is 0. The number of hydrogen-bond acceptors (Lipinski definition) is 3. The van der Waals surface area contributed by atoms with Crippen molar-refractivity contribution in [3.8, 4) is 5.75 Å². The third-order valence-electron chi connectivity index (χ3n) is 5.28. The number of carbonyl (C=O) groups is 1. The minimum atomic E-state index is -2.92. The summed E-state index contributed by atoms with van der Waals surface area (Å²) in [6, 6.07) is 22.6. The molecule has 3 aromatic rings. The molecule has 0 fully saturated rings. The highest BCUT2D eigenvalue weighted by molar-refractivity contribution is 6.05. The highest BCUT2D eigenvalue weighted by Gasteiger charge is 2.40. The Morgan fingerprint density at radius 3 is 2.23 bits per heavy atom. The Morgan fingerprint density at radius 2 is 1.61 bits per heavy atom. The minimum Gasteiger partial charge on any atom is -0.503 e. The average Bonchev–Trinajstić information content (AvgIpc) is 3.01. The van der Waals surface area contributed by atoms with Gasteiger partial charge in [-0.15, -0.1) is 0 Å². The number of aliphatic hydroxyl groups is 1. The summed E-state index contributed by atoms with van der Waals surface area (Å²) >= 11 is 0. The van der Waals surface area contributed by atoms with E-state index in [1.165, 1.54) is 12.1 Å². The standard InChI is InChI=1S/C25H21F2NO3/c1-16-7-9-17(10-8-16)15-28-22(19-11-13-20(14-12-19)31-25(26)27)21(23(29)24(28)30)18-5-3-2-4-6-18/h2-14,22,25,29H,15H2,1H3. The predicted octanol–water partition coefficient (Wildman–Crippen LogP) is 5.65. The van der Waals surface area contributed by atoms with Crippen molar-refractivity contribution in [3.05, 3.63) is 107 Å². The molecule has 3 aromatic carbocycles. The average molecular weight is 421 g/mol. The van der Waals surface area contributed by atoms with Crippen LogP contribution in [0.15, 0.2) is 84.6 Å². The highest BCUT2D eigenvalue weighted by atomic mass is 19.3. The summed E-state index contributed by atoms with van der Waals surface area (Å²) in [6.45, 7) is -0.641. The van der Waals surface area contributed by atoms with E-state index in [4.69, 9.17) is 0 Å². The first kappa shape index (κ1) is 20.6. The van der Waals surface area contributed by atoms with Crippen LogP contribution in [0.3, 0.4) is 0 Å². The minimum absolute atomic E-state index is 0.0302. The molecule has 0 aromatic heterocycles. The fourth-order valence-electron chi connectivity index (χ4n) is 3.80. The van der Waals surface area contributed by atoms with Gasteiger partial charge in [-0.2, -0.15) is 8.78 Å². The smallest absolute Gasteiger partial charge is 0.387 e. The lowest BCUT2D eigenvalue weighted by Gasteiger charge is -2.27. The first-order valence-corrected chi connectivity index (χ1v) is 9.84. The molecule has 0 saturated carbocycles. The Kier molecular flexibility index (Phi) is 5.71. The van der Waals surface area contributed by atoms with Gasteiger partial charge in [-0.1, -0.05) is 72.3 Å². The van der Waals surface area contributed by atoms with Crippen LogP contribution in [-0.4, -0.2) is 22.5 Å². The number of aryl methyl sites for hydroxylation is 1. The van der Waals surface area contributed by atoms with Gasteiger partial charge in [0.1, 0.15) is 5.75 Å². The Labute approximate surface area is 179 Å². The zero-order valence-corrected chi connectivity index (χ0v) is 16.8. The van der Waals surface area contributed by atoms with Crippen LogP contribution < -0.4 is 4.74 Å². The van der Waals surface area contributed by atoms with Crippen LogP contribution >= 0.6 is 0 Å². The summed E-state index contributed by atoms with van der Waals surface area (Å²) in [5.74, 6) is -0.754. The Morgan fingerprint density at radius 1 is 0.968 bits per heavy atom. The molecule has 4 rings (SSSR count). The first-order valence-electron chi connectivity index (χ1n) is 9.84. The lowest BCUT2D eigenvalue weighted by molar-refractivity contribution is -0.130. The van der Waals surface area contributed by atoms with Crippen LogP contribution in [0.1, 0.15) is 28.3 Å². The molecule has 1 N–H and O–H groups in total. The number of hydrogen-bond donors (Lipinski definition) is 1. The van der Waals surface area contributed by atoms with Gasteiger partial charge in [-0.25, -0.2) is 0 Å². The number of aliphatic hydroxyl groups excluding tert-OH is 1. The van der Waals surface area contributed by atoms with Crippen LogP contribution in [0.2, 0.25) is 0 Å². The quantitative estimate of drug-likeness (QED) is 0.560. The van der Waals surface area contributed by atoms with Crippen LogP contribution in [0.4, 0.5) is 8.78 Å². The molecule has 1 unspecified atom stereocenters. The molecule has 1 heterocycles. The zero-order chi connectivity index (χ0) is 22.0. The second-order valence-electron chi connectivity index (χ2n) is 7.40. The van der Waals surface area contributed by atoms with Crippen molar-refractivity contribution in [1.29, 1.82) is 0 Å².